The molecule has 0 spiro atoms. The first-order chi connectivity index (χ1) is 26.3. The Morgan fingerprint density at radius 3 is 2.57 bits per heavy atom. The van der Waals surface area contributed by atoms with Gasteiger partial charge in [-0.2, -0.15) is 5.10 Å². The van der Waals surface area contributed by atoms with E-state index >= 15 is 0 Å². The zero-order valence-electron chi connectivity index (χ0n) is 29.6. The van der Waals surface area contributed by atoms with Crippen LogP contribution in [0.25, 0.3) is 22.3 Å². The number of aromatic nitrogens is 4. The molecular weight excluding hydrogens is 705 g/mol. The molecule has 14 heteroatoms. The highest BCUT2D eigenvalue weighted by Gasteiger charge is 2.40. The van der Waals surface area contributed by atoms with Gasteiger partial charge in [-0.05, 0) is 92.0 Å². The fraction of sp³-hybridized carbons (Fsp3) is 0.325. The molecule has 2 saturated heterocycles. The lowest BCUT2D eigenvalue weighted by molar-refractivity contribution is -0.137. The third-order valence-electron chi connectivity index (χ3n) is 10.3. The number of hydrogen-bond acceptors (Lipinski definition) is 10. The molecule has 2 fully saturated rings. The van der Waals surface area contributed by atoms with Gasteiger partial charge in [0.2, 0.25) is 17.7 Å². The molecule has 0 radical (unpaired) electrons. The number of piperidine rings is 2. The topological polar surface area (TPSA) is 166 Å². The standard InChI is InChI=1S/C40H40N8O5S/c41-37-35-36(25-14-16-28(17-15-25)53-27-9-2-1-3-10-27)45-48(38(35)43-24-42-37)26-8-7-20-46(22-26)34(50)13-4-5-21-54-32-12-6-11-29-30(32)23-47(40(29)52)31-18-19-33(49)44-39(31)51/h1-3,6,9-12,14-17,24,26,31H,4-5,7-8,13,18-23H2,(H2,41,42,43)(H,44,49,51). The van der Waals surface area contributed by atoms with Crippen molar-refractivity contribution >= 4 is 52.2 Å². The summed E-state index contributed by atoms with van der Waals surface area (Å²) in [5, 5.41) is 8.07. The average Bonchev–Trinajstić information content (AvgIpc) is 3.75. The van der Waals surface area contributed by atoms with E-state index in [1.54, 1.807) is 22.7 Å². The highest BCUT2D eigenvalue weighted by atomic mass is 32.2. The number of hydrogen-bond donors (Lipinski definition) is 2. The van der Waals surface area contributed by atoms with Gasteiger partial charge in [-0.15, -0.1) is 11.8 Å². The SMILES string of the molecule is Nc1ncnc2c1c(-c1ccc(Oc3ccccc3)cc1)nn2C1CCCN(C(=O)CCCCSc2cccc3c2CN(C2CCC(=O)NC2=O)C3=O)C1. The molecule has 3 aromatic carbocycles. The second-order valence-electron chi connectivity index (χ2n) is 13.8. The number of nitrogens with one attached hydrogen (secondary N) is 1. The van der Waals surface area contributed by atoms with Gasteiger partial charge in [0.25, 0.3) is 5.91 Å². The quantitative estimate of drug-likeness (QED) is 0.0966. The van der Waals surface area contributed by atoms with Crippen molar-refractivity contribution in [1.82, 2.24) is 34.9 Å². The molecule has 3 aliphatic heterocycles. The summed E-state index contributed by atoms with van der Waals surface area (Å²) in [7, 11) is 0. The summed E-state index contributed by atoms with van der Waals surface area (Å²) >= 11 is 1.67. The number of fused-ring (bicyclic) bond motifs is 2. The van der Waals surface area contributed by atoms with Gasteiger partial charge in [-0.3, -0.25) is 24.5 Å². The number of amides is 4. The molecule has 5 aromatic rings. The van der Waals surface area contributed by atoms with Gasteiger partial charge in [0.05, 0.1) is 11.4 Å². The molecule has 2 atom stereocenters. The van der Waals surface area contributed by atoms with Crippen LogP contribution in [-0.2, 0) is 20.9 Å². The summed E-state index contributed by atoms with van der Waals surface area (Å²) in [4.78, 5) is 64.1. The number of rotatable bonds is 11. The van der Waals surface area contributed by atoms with Crippen LogP contribution in [0.3, 0.4) is 0 Å². The molecule has 3 aliphatic rings. The number of likely N-dealkylation sites (tertiary alicyclic amines) is 1. The van der Waals surface area contributed by atoms with E-state index in [1.807, 2.05) is 76.3 Å². The predicted octanol–water partition coefficient (Wildman–Crippen LogP) is 5.75. The average molecular weight is 745 g/mol. The van der Waals surface area contributed by atoms with E-state index in [0.29, 0.717) is 66.3 Å². The summed E-state index contributed by atoms with van der Waals surface area (Å²) in [6.07, 6.45) is 5.74. The smallest absolute Gasteiger partial charge is 0.255 e. The van der Waals surface area contributed by atoms with E-state index in [9.17, 15) is 19.2 Å². The number of unbranched alkanes of at least 4 members (excludes halogenated alkanes) is 1. The number of imide groups is 1. The highest BCUT2D eigenvalue weighted by Crippen LogP contribution is 2.37. The maximum atomic E-state index is 13.5. The summed E-state index contributed by atoms with van der Waals surface area (Å²) in [6, 6.07) is 22.3. The van der Waals surface area contributed by atoms with E-state index in [1.165, 1.54) is 6.33 Å². The van der Waals surface area contributed by atoms with Crippen molar-refractivity contribution in [1.29, 1.82) is 0 Å². The lowest BCUT2D eigenvalue weighted by atomic mass is 10.0. The Bertz CT molecular complexity index is 2230. The van der Waals surface area contributed by atoms with Crippen LogP contribution < -0.4 is 15.8 Å². The van der Waals surface area contributed by atoms with Crippen molar-refractivity contribution in [2.45, 2.75) is 68.5 Å². The fourth-order valence-electron chi connectivity index (χ4n) is 7.55. The molecule has 5 heterocycles. The Morgan fingerprint density at radius 1 is 0.944 bits per heavy atom. The number of nitrogen functional groups attached to an aromatic ring is 1. The van der Waals surface area contributed by atoms with Crippen molar-refractivity contribution in [2.24, 2.45) is 0 Å². The molecule has 2 aromatic heterocycles. The van der Waals surface area contributed by atoms with Gasteiger partial charge in [-0.25, -0.2) is 14.6 Å². The van der Waals surface area contributed by atoms with Crippen LogP contribution in [0.1, 0.15) is 66.9 Å². The lowest BCUT2D eigenvalue weighted by Crippen LogP contribution is -2.52. The van der Waals surface area contributed by atoms with Crippen molar-refractivity contribution in [2.75, 3.05) is 24.6 Å². The molecule has 0 saturated carbocycles. The minimum Gasteiger partial charge on any atom is -0.457 e. The largest absolute Gasteiger partial charge is 0.457 e. The third kappa shape index (κ3) is 7.13. The molecule has 276 valence electrons. The molecule has 0 bridgehead atoms. The van der Waals surface area contributed by atoms with Gasteiger partial charge in [0.1, 0.15) is 35.4 Å². The molecule has 8 rings (SSSR count). The minimum absolute atomic E-state index is 0.0629. The third-order valence-corrected chi connectivity index (χ3v) is 11.5. The first kappa shape index (κ1) is 35.3. The number of benzene rings is 3. The Morgan fingerprint density at radius 2 is 1.76 bits per heavy atom. The van der Waals surface area contributed by atoms with E-state index in [0.717, 1.165) is 53.2 Å². The number of carbonyl (C=O) groups excluding carboxylic acids is 4. The molecule has 2 unspecified atom stereocenters. The number of para-hydroxylation sites is 1. The summed E-state index contributed by atoms with van der Waals surface area (Å²) in [5.41, 5.74) is 10.1. The zero-order chi connectivity index (χ0) is 37.2. The van der Waals surface area contributed by atoms with Crippen molar-refractivity contribution in [3.05, 3.63) is 90.3 Å². The van der Waals surface area contributed by atoms with Crippen molar-refractivity contribution < 1.29 is 23.9 Å². The van der Waals surface area contributed by atoms with E-state index in [4.69, 9.17) is 15.6 Å². The van der Waals surface area contributed by atoms with Gasteiger partial charge in [0, 0.05) is 48.5 Å². The molecular formula is C40H40N8O5S. The van der Waals surface area contributed by atoms with Crippen LogP contribution >= 0.6 is 11.8 Å². The first-order valence-corrected chi connectivity index (χ1v) is 19.3. The van der Waals surface area contributed by atoms with Crippen LogP contribution in [0.4, 0.5) is 5.82 Å². The zero-order valence-corrected chi connectivity index (χ0v) is 30.5. The number of thioether (sulfide) groups is 1. The monoisotopic (exact) mass is 744 g/mol. The van der Waals surface area contributed by atoms with Crippen LogP contribution in [-0.4, -0.2) is 78.1 Å². The second-order valence-corrected chi connectivity index (χ2v) is 15.0. The Balaban J connectivity index is 0.873. The number of carbonyl (C=O) groups is 4. The number of ether oxygens (including phenoxy) is 1. The van der Waals surface area contributed by atoms with Crippen molar-refractivity contribution in [3.63, 3.8) is 0 Å². The Labute approximate surface area is 316 Å². The van der Waals surface area contributed by atoms with Crippen LogP contribution in [0, 0.1) is 0 Å². The summed E-state index contributed by atoms with van der Waals surface area (Å²) in [5.74, 6) is 1.84. The van der Waals surface area contributed by atoms with Gasteiger partial charge in [-0.1, -0.05) is 24.3 Å². The van der Waals surface area contributed by atoms with Gasteiger partial charge in [0.15, 0.2) is 5.65 Å². The molecule has 4 amide bonds. The number of nitrogens with two attached hydrogens (primary N) is 1. The molecule has 0 aliphatic carbocycles. The minimum atomic E-state index is -0.639. The van der Waals surface area contributed by atoms with Gasteiger partial charge < -0.3 is 20.3 Å². The number of nitrogens with zero attached hydrogens (tertiary/aromatic N) is 6. The van der Waals surface area contributed by atoms with E-state index < -0.39 is 11.9 Å². The first-order valence-electron chi connectivity index (χ1n) is 18.3. The normalized spacial score (nSPS) is 18.6. The molecule has 54 heavy (non-hydrogen) atoms. The van der Waals surface area contributed by atoms with E-state index in [2.05, 4.69) is 15.3 Å². The van der Waals surface area contributed by atoms with Crippen LogP contribution in [0.5, 0.6) is 11.5 Å². The van der Waals surface area contributed by atoms with Crippen LogP contribution in [0.2, 0.25) is 0 Å². The van der Waals surface area contributed by atoms with Crippen molar-refractivity contribution in [3.8, 4) is 22.8 Å². The van der Waals surface area contributed by atoms with E-state index in [-0.39, 0.29) is 30.2 Å². The molecule has 13 nitrogen and oxygen atoms in total. The molecule has 3 N–H and O–H groups in total. The summed E-state index contributed by atoms with van der Waals surface area (Å²) < 4.78 is 7.89. The number of anilines is 1. The maximum Gasteiger partial charge on any atom is 0.255 e. The second kappa shape index (κ2) is 15.3. The maximum absolute atomic E-state index is 13.5. The Kier molecular flexibility index (Phi) is 10.00. The van der Waals surface area contributed by atoms with Gasteiger partial charge >= 0.3 is 0 Å². The predicted molar refractivity (Wildman–Crippen MR) is 204 cm³/mol. The van der Waals surface area contributed by atoms with Crippen LogP contribution in [0.15, 0.2) is 84.0 Å². The Hall–Kier alpha value is -5.76. The lowest BCUT2D eigenvalue weighted by Gasteiger charge is -2.33. The fourth-order valence-corrected chi connectivity index (χ4v) is 8.64. The summed E-state index contributed by atoms with van der Waals surface area (Å²) in [6.45, 7) is 1.58. The highest BCUT2D eigenvalue weighted by molar-refractivity contribution is 7.99.